The predicted octanol–water partition coefficient (Wildman–Crippen LogP) is 41.5. The van der Waals surface area contributed by atoms with E-state index >= 15 is 0 Å². The minimum Gasteiger partial charge on any atom is -0.465 e. The first kappa shape index (κ1) is 137. The maximum atomic E-state index is 13.2. The minimum absolute atomic E-state index is 0. The van der Waals surface area contributed by atoms with E-state index in [-0.39, 0.29) is 92.5 Å². The zero-order valence-electron chi connectivity index (χ0n) is 89.3. The fourth-order valence-corrected chi connectivity index (χ4v) is 16.3. The second-order valence-electron chi connectivity index (χ2n) is 56.6. The third-order valence-corrected chi connectivity index (χ3v) is 37.0. The Morgan fingerprint density at radius 2 is 0.560 bits per heavy atom. The van der Waals surface area contributed by atoms with Crippen LogP contribution >= 0.6 is 0 Å². The Kier molecular flexibility index (Phi) is 49.7. The highest BCUT2D eigenvalue weighted by molar-refractivity contribution is 5.66. The summed E-state index contributed by atoms with van der Waals surface area (Å²) < 4.78 is 86.8. The standard InChI is InChI=1S/C10H18O2.C9H17F.3C9H18.2C8H14F2.C8H16O.4C8H16.C7H13F.7CH4/c1-8(11)12-7-10(5-6-10)9(2,3)4;1-6(2)7-5-8(7)9(3,4)10;2*1-8(2,3)9(4)6-5-7-9;1-5-9(6-7-9)8(2,3)4;2*1-6(2,3)7(4)5-8(7,9)10;1-7(2,3)8(4)5-9-6-8;4*1-7(2,3)8(4)5-6-8;1-5(2)6-4-7(6,3)8;;;;;;;/h5-7H2,1-4H3;6-8H,5H2,1-4H3;3*5-7H2,1-4H3;2*5H2,1-4H3;5-6H2,1-4H3;4*5-6H2,1-4H3;5-6H,4H2,1-3H3;7*1H4. The van der Waals surface area contributed by atoms with Gasteiger partial charge in [0, 0.05) is 41.4 Å². The number of rotatable bonds is 6. The second-order valence-corrected chi connectivity index (χ2v) is 56.6. The van der Waals surface area contributed by atoms with E-state index in [9.17, 15) is 31.1 Å². The van der Waals surface area contributed by atoms with Crippen LogP contribution in [0.5, 0.6) is 0 Å². The lowest BCUT2D eigenvalue weighted by atomic mass is 9.56. The van der Waals surface area contributed by atoms with Crippen LogP contribution in [0.2, 0.25) is 0 Å². The topological polar surface area (TPSA) is 35.5 Å². The molecular weight excluding hydrogens is 1560 g/mol. The van der Waals surface area contributed by atoms with Crippen molar-refractivity contribution in [2.75, 3.05) is 19.8 Å². The first-order valence-electron chi connectivity index (χ1n) is 48.3. The normalized spacial score (nSPS) is 27.3. The number of carbonyl (C=O) groups is 1. The Hall–Kier alpha value is -0.990. The van der Waals surface area contributed by atoms with Crippen molar-refractivity contribution >= 4 is 5.97 Å². The molecule has 6 unspecified atom stereocenters. The zero-order valence-corrected chi connectivity index (χ0v) is 89.3. The van der Waals surface area contributed by atoms with Crippen LogP contribution in [0.3, 0.4) is 0 Å². The molecule has 0 amide bonds. The van der Waals surface area contributed by atoms with Gasteiger partial charge in [0.2, 0.25) is 0 Å². The predicted molar refractivity (Wildman–Crippen MR) is 553 cm³/mol. The van der Waals surface area contributed by atoms with Crippen LogP contribution in [0.4, 0.5) is 26.3 Å². The lowest BCUT2D eigenvalue weighted by molar-refractivity contribution is -0.158. The van der Waals surface area contributed by atoms with Crippen molar-refractivity contribution < 1.29 is 40.6 Å². The Bertz CT molecular complexity index is 2760. The SMILES string of the molecule is C.C.C.C.C.C.C.CC(=O)OCC1(C(C)(C)C)CC1.CC(C)(C)C1(C)CC1.CC(C)(C)C1(C)CC1.CC(C)(C)C1(C)CC1.CC(C)(C)C1(C)CC1.CC(C)(C)C1(C)CC1(F)F.CC(C)(C)C1(C)CC1(F)F.CC(C)(C)C1(C)CCC1.CC(C)(C)C1(C)CCC1.CC(C)(C)C1(C)COC1.CC(C)C1CC1(C)F.CC(C)C1CC1C(C)(C)F.CCC1(C(C)(C)C)CC1. The van der Waals surface area contributed by atoms with Gasteiger partial charge in [0.25, 0.3) is 11.8 Å². The lowest BCUT2D eigenvalue weighted by Crippen LogP contribution is -2.49. The summed E-state index contributed by atoms with van der Waals surface area (Å²) in [7, 11) is 0. The van der Waals surface area contributed by atoms with Crippen LogP contribution in [-0.2, 0) is 14.3 Å². The number of hydrogen-bond acceptors (Lipinski definition) is 3. The van der Waals surface area contributed by atoms with Crippen molar-refractivity contribution in [1.29, 1.82) is 0 Å². The number of alkyl halides is 6. The van der Waals surface area contributed by atoms with Crippen LogP contribution < -0.4 is 0 Å². The average molecular weight is 1800 g/mol. The Morgan fingerprint density at radius 3 is 0.592 bits per heavy atom. The minimum atomic E-state index is -2.41. The fraction of sp³-hybridized carbons (Fsp3) is 0.991. The smallest absolute Gasteiger partial charge is 0.302 e. The Labute approximate surface area is 786 Å². The highest BCUT2D eigenvalue weighted by Gasteiger charge is 2.73. The van der Waals surface area contributed by atoms with E-state index in [0.717, 1.165) is 31.5 Å². The molecule has 0 aromatic rings. The van der Waals surface area contributed by atoms with E-state index in [4.69, 9.17) is 9.47 Å². The summed E-state index contributed by atoms with van der Waals surface area (Å²) in [5.74, 6) is -2.44. The summed E-state index contributed by atoms with van der Waals surface area (Å²) in [6, 6.07) is 0. The van der Waals surface area contributed by atoms with Crippen LogP contribution in [0, 0.1) is 149 Å². The van der Waals surface area contributed by atoms with Gasteiger partial charge < -0.3 is 9.47 Å². The number of ether oxygens (including phenoxy) is 2. The van der Waals surface area contributed by atoms with E-state index in [2.05, 4.69) is 270 Å². The molecule has 12 aliphatic carbocycles. The molecule has 762 valence electrons. The van der Waals surface area contributed by atoms with E-state index in [0.29, 0.717) is 117 Å². The van der Waals surface area contributed by atoms with Crippen molar-refractivity contribution in [3.63, 3.8) is 0 Å². The van der Waals surface area contributed by atoms with Gasteiger partial charge >= 0.3 is 5.97 Å². The maximum absolute atomic E-state index is 13.2. The van der Waals surface area contributed by atoms with Gasteiger partial charge in [0.05, 0.1) is 19.8 Å². The van der Waals surface area contributed by atoms with E-state index < -0.39 is 34.0 Å². The molecule has 125 heavy (non-hydrogen) atoms. The molecule has 0 bridgehead atoms. The van der Waals surface area contributed by atoms with Gasteiger partial charge in [0.15, 0.2) is 0 Å². The van der Waals surface area contributed by atoms with Crippen molar-refractivity contribution in [2.45, 2.75) is 576 Å². The van der Waals surface area contributed by atoms with Gasteiger partial charge in [-0.3, -0.25) is 4.79 Å². The van der Waals surface area contributed by atoms with Crippen LogP contribution in [0.15, 0.2) is 0 Å². The summed E-state index contributed by atoms with van der Waals surface area (Å²) >= 11 is 0. The van der Waals surface area contributed by atoms with Gasteiger partial charge in [-0.1, -0.05) is 390 Å². The van der Waals surface area contributed by atoms with Crippen LogP contribution in [-0.4, -0.2) is 49.0 Å². The molecule has 0 aromatic carbocycles. The molecule has 0 spiro atoms. The molecule has 3 nitrogen and oxygen atoms in total. The molecule has 1 saturated heterocycles. The average Bonchev–Trinajstić information content (AvgIpc) is 1.55. The molecule has 13 fully saturated rings. The van der Waals surface area contributed by atoms with Gasteiger partial charge in [0.1, 0.15) is 11.3 Å². The molecular formula is C116H238F6O3. The molecule has 0 radical (unpaired) electrons. The quantitative estimate of drug-likeness (QED) is 0.196. The van der Waals surface area contributed by atoms with Crippen molar-refractivity contribution in [3.8, 4) is 0 Å². The van der Waals surface area contributed by atoms with Crippen molar-refractivity contribution in [3.05, 3.63) is 0 Å². The van der Waals surface area contributed by atoms with Crippen molar-refractivity contribution in [2.24, 2.45) is 149 Å². The van der Waals surface area contributed by atoms with E-state index in [1.165, 1.54) is 129 Å². The number of hydrogen-bond donors (Lipinski definition) is 0. The molecule has 1 aliphatic heterocycles. The van der Waals surface area contributed by atoms with Crippen LogP contribution in [0.25, 0.3) is 0 Å². The molecule has 13 aliphatic rings. The van der Waals surface area contributed by atoms with Gasteiger partial charge in [-0.05, 0) is 270 Å². The fourth-order valence-electron chi connectivity index (χ4n) is 16.3. The number of halogens is 6. The van der Waals surface area contributed by atoms with Gasteiger partial charge in [-0.15, -0.1) is 0 Å². The first-order valence-corrected chi connectivity index (χ1v) is 48.3. The monoisotopic (exact) mass is 1790 g/mol. The summed E-state index contributed by atoms with van der Waals surface area (Å²) in [5.41, 5.74) is 6.22. The highest BCUT2D eigenvalue weighted by atomic mass is 19.3. The molecule has 6 atom stereocenters. The largest absolute Gasteiger partial charge is 0.465 e. The van der Waals surface area contributed by atoms with Gasteiger partial charge in [-0.2, -0.15) is 0 Å². The van der Waals surface area contributed by atoms with E-state index in [1.54, 1.807) is 34.6 Å². The molecule has 13 rings (SSSR count). The molecule has 12 saturated carbocycles. The Balaban J connectivity index is -0.000000241. The molecule has 1 heterocycles. The summed E-state index contributed by atoms with van der Waals surface area (Å²) in [6.07, 6.45) is 28.9. The second kappa shape index (κ2) is 45.3. The Morgan fingerprint density at radius 1 is 0.344 bits per heavy atom. The molecule has 0 aromatic heterocycles. The van der Waals surface area contributed by atoms with Gasteiger partial charge in [-0.25, -0.2) is 26.3 Å². The lowest BCUT2D eigenvalue weighted by Gasteiger charge is -2.49. The zero-order chi connectivity index (χ0) is 94.3. The molecule has 9 heteroatoms. The molecule has 0 N–H and O–H groups in total. The number of carbonyl (C=O) groups excluding carboxylic acids is 1. The summed E-state index contributed by atoms with van der Waals surface area (Å²) in [5, 5.41) is 0. The third-order valence-electron chi connectivity index (χ3n) is 37.0. The van der Waals surface area contributed by atoms with Crippen LogP contribution in [0.1, 0.15) is 553 Å². The summed E-state index contributed by atoms with van der Waals surface area (Å²) in [6.45, 7) is 114. The maximum Gasteiger partial charge on any atom is 0.302 e. The first-order chi connectivity index (χ1) is 51.5. The van der Waals surface area contributed by atoms with E-state index in [1.807, 2.05) is 41.5 Å². The number of esters is 1. The van der Waals surface area contributed by atoms with Crippen molar-refractivity contribution in [1.82, 2.24) is 0 Å². The summed E-state index contributed by atoms with van der Waals surface area (Å²) in [4.78, 5) is 10.6. The highest BCUT2D eigenvalue weighted by Crippen LogP contribution is 2.71. The third kappa shape index (κ3) is 38.6.